The molecule has 1 N–H and O–H groups in total. The Morgan fingerprint density at radius 3 is 2.55 bits per heavy atom. The molecule has 0 radical (unpaired) electrons. The van der Waals surface area contributed by atoms with Crippen LogP contribution in [-0.4, -0.2) is 44.0 Å². The molecule has 2 aromatic carbocycles. The molecule has 2 amide bonds. The fraction of sp³-hybridized carbons (Fsp3) is 0.280. The number of amides is 2. The van der Waals surface area contributed by atoms with Gasteiger partial charge in [-0.3, -0.25) is 9.59 Å². The highest BCUT2D eigenvalue weighted by Crippen LogP contribution is 2.36. The second-order valence-corrected chi connectivity index (χ2v) is 8.70. The molecule has 0 aliphatic carbocycles. The van der Waals surface area contributed by atoms with Gasteiger partial charge in [0.2, 0.25) is 5.91 Å². The van der Waals surface area contributed by atoms with Crippen molar-refractivity contribution < 1.29 is 14.3 Å². The molecule has 1 aliphatic heterocycles. The molecule has 5 nitrogen and oxygen atoms in total. The van der Waals surface area contributed by atoms with Crippen molar-refractivity contribution in [3.8, 4) is 16.9 Å². The Kier molecular flexibility index (Phi) is 6.09. The molecular weight excluding hydrogens is 408 g/mol. The Labute approximate surface area is 186 Å². The molecule has 6 heteroatoms. The summed E-state index contributed by atoms with van der Waals surface area (Å²) in [4.78, 5) is 27.9. The fourth-order valence-corrected chi connectivity index (χ4v) is 5.01. The van der Waals surface area contributed by atoms with Crippen LogP contribution in [0.2, 0.25) is 0 Å². The number of likely N-dealkylation sites (tertiary alicyclic amines) is 1. The Morgan fingerprint density at radius 2 is 1.87 bits per heavy atom. The lowest BCUT2D eigenvalue weighted by molar-refractivity contribution is -0.129. The normalized spacial score (nSPS) is 18.1. The van der Waals surface area contributed by atoms with Crippen LogP contribution in [-0.2, 0) is 11.2 Å². The third-order valence-electron chi connectivity index (χ3n) is 6.04. The monoisotopic (exact) mass is 434 g/mol. The summed E-state index contributed by atoms with van der Waals surface area (Å²) in [6.07, 6.45) is 1.21. The predicted octanol–water partition coefficient (Wildman–Crippen LogP) is 4.24. The second-order valence-electron chi connectivity index (χ2n) is 7.92. The molecule has 1 saturated heterocycles. The van der Waals surface area contributed by atoms with Gasteiger partial charge in [-0.15, -0.1) is 0 Å². The number of benzene rings is 2. The number of hydrogen-bond donors (Lipinski definition) is 1. The van der Waals surface area contributed by atoms with E-state index < -0.39 is 5.41 Å². The average Bonchev–Trinajstić information content (AvgIpc) is 3.50. The lowest BCUT2D eigenvalue weighted by Gasteiger charge is -2.28. The quantitative estimate of drug-likeness (QED) is 0.631. The van der Waals surface area contributed by atoms with Gasteiger partial charge in [-0.25, -0.2) is 0 Å². The van der Waals surface area contributed by atoms with Crippen LogP contribution in [0.3, 0.4) is 0 Å². The molecule has 1 aliphatic rings. The lowest BCUT2D eigenvalue weighted by Crippen LogP contribution is -2.44. The molecule has 0 bridgehead atoms. The molecule has 31 heavy (non-hydrogen) atoms. The third-order valence-corrected chi connectivity index (χ3v) is 6.72. The van der Waals surface area contributed by atoms with Crippen LogP contribution in [0.1, 0.15) is 22.3 Å². The first-order chi connectivity index (χ1) is 15.1. The van der Waals surface area contributed by atoms with E-state index in [0.29, 0.717) is 37.2 Å². The highest BCUT2D eigenvalue weighted by molar-refractivity contribution is 7.08. The molecule has 1 aromatic heterocycles. The number of nitrogens with zero attached hydrogens (tertiary/aromatic N) is 1. The first-order valence-electron chi connectivity index (χ1n) is 10.3. The number of ether oxygens (including phenoxy) is 1. The van der Waals surface area contributed by atoms with Crippen molar-refractivity contribution in [2.45, 2.75) is 12.8 Å². The van der Waals surface area contributed by atoms with Crippen LogP contribution >= 0.6 is 11.3 Å². The Bertz CT molecular complexity index is 1060. The van der Waals surface area contributed by atoms with Gasteiger partial charge in [-0.1, -0.05) is 36.4 Å². The smallest absolute Gasteiger partial charge is 0.257 e. The molecule has 0 saturated carbocycles. The Balaban J connectivity index is 1.55. The Morgan fingerprint density at radius 1 is 1.10 bits per heavy atom. The van der Waals surface area contributed by atoms with Crippen LogP contribution in [0.4, 0.5) is 0 Å². The van der Waals surface area contributed by atoms with Crippen LogP contribution < -0.4 is 10.1 Å². The van der Waals surface area contributed by atoms with Gasteiger partial charge in [0, 0.05) is 20.1 Å². The van der Waals surface area contributed by atoms with Crippen LogP contribution in [0.5, 0.6) is 5.75 Å². The number of hydrogen-bond acceptors (Lipinski definition) is 4. The summed E-state index contributed by atoms with van der Waals surface area (Å²) in [5.74, 6) is 0.426. The Hall–Kier alpha value is -3.12. The average molecular weight is 435 g/mol. The summed E-state index contributed by atoms with van der Waals surface area (Å²) in [6.45, 7) is 0.924. The number of carbonyl (C=O) groups excluding carboxylic acids is 2. The SMILES string of the molecule is CNC(=O)C1(Cc2ccc(-c3ccsc3)cc2)CCN(C(=O)c2ccccc2OC)C1. The van der Waals surface area contributed by atoms with Crippen molar-refractivity contribution in [2.75, 3.05) is 27.2 Å². The van der Waals surface area contributed by atoms with Crippen molar-refractivity contribution in [2.24, 2.45) is 5.41 Å². The molecule has 1 fully saturated rings. The molecule has 0 spiro atoms. The number of methoxy groups -OCH3 is 1. The summed E-state index contributed by atoms with van der Waals surface area (Å²) in [5, 5.41) is 7.01. The summed E-state index contributed by atoms with van der Waals surface area (Å²) < 4.78 is 5.36. The molecule has 2 heterocycles. The van der Waals surface area contributed by atoms with Crippen molar-refractivity contribution in [1.29, 1.82) is 0 Å². The van der Waals surface area contributed by atoms with Crippen molar-refractivity contribution in [3.05, 3.63) is 76.5 Å². The third kappa shape index (κ3) is 4.21. The molecule has 1 unspecified atom stereocenters. The van der Waals surface area contributed by atoms with E-state index in [9.17, 15) is 9.59 Å². The zero-order valence-electron chi connectivity index (χ0n) is 17.8. The van der Waals surface area contributed by atoms with Gasteiger partial charge in [0.1, 0.15) is 5.75 Å². The first-order valence-corrected chi connectivity index (χ1v) is 11.3. The number of nitrogens with one attached hydrogen (secondary N) is 1. The summed E-state index contributed by atoms with van der Waals surface area (Å²) in [6, 6.07) is 17.7. The predicted molar refractivity (Wildman–Crippen MR) is 123 cm³/mol. The highest BCUT2D eigenvalue weighted by Gasteiger charge is 2.45. The van der Waals surface area contributed by atoms with Crippen molar-refractivity contribution in [3.63, 3.8) is 0 Å². The topological polar surface area (TPSA) is 58.6 Å². The second kappa shape index (κ2) is 8.94. The van der Waals surface area contributed by atoms with Crippen molar-refractivity contribution >= 4 is 23.2 Å². The van der Waals surface area contributed by atoms with Gasteiger partial charge >= 0.3 is 0 Å². The number of thiophene rings is 1. The van der Waals surface area contributed by atoms with Crippen molar-refractivity contribution in [1.82, 2.24) is 10.2 Å². The molecular formula is C25H26N2O3S. The van der Waals surface area contributed by atoms with E-state index >= 15 is 0 Å². The molecule has 3 aromatic rings. The number of rotatable bonds is 6. The standard InChI is InChI=1S/C25H26N2O3S/c1-26-24(29)25(15-18-7-9-19(10-8-18)20-11-14-31-16-20)12-13-27(17-25)23(28)21-5-3-4-6-22(21)30-2/h3-11,14,16H,12-13,15,17H2,1-2H3,(H,26,29). The molecule has 160 valence electrons. The van der Waals surface area contributed by atoms with E-state index in [-0.39, 0.29) is 11.8 Å². The van der Waals surface area contributed by atoms with Gasteiger partial charge in [0.15, 0.2) is 0 Å². The minimum Gasteiger partial charge on any atom is -0.496 e. The van der Waals surface area contributed by atoms with E-state index in [4.69, 9.17) is 4.74 Å². The van der Waals surface area contributed by atoms with E-state index in [2.05, 4.69) is 46.4 Å². The fourth-order valence-electron chi connectivity index (χ4n) is 4.35. The lowest BCUT2D eigenvalue weighted by atomic mass is 9.79. The van der Waals surface area contributed by atoms with Gasteiger partial charge in [0.05, 0.1) is 18.1 Å². The van der Waals surface area contributed by atoms with Crippen LogP contribution in [0.25, 0.3) is 11.1 Å². The van der Waals surface area contributed by atoms with E-state index in [1.807, 2.05) is 12.1 Å². The number of carbonyl (C=O) groups is 2. The first kappa shape index (κ1) is 21.1. The largest absolute Gasteiger partial charge is 0.496 e. The van der Waals surface area contributed by atoms with E-state index in [0.717, 1.165) is 5.56 Å². The summed E-state index contributed by atoms with van der Waals surface area (Å²) in [5.41, 5.74) is 3.34. The summed E-state index contributed by atoms with van der Waals surface area (Å²) >= 11 is 1.68. The van der Waals surface area contributed by atoms with Gasteiger partial charge < -0.3 is 15.0 Å². The van der Waals surface area contributed by atoms with Crippen LogP contribution in [0, 0.1) is 5.41 Å². The minimum atomic E-state index is -0.643. The van der Waals surface area contributed by atoms with Crippen LogP contribution in [0.15, 0.2) is 65.4 Å². The molecule has 4 rings (SSSR count). The highest BCUT2D eigenvalue weighted by atomic mass is 32.1. The summed E-state index contributed by atoms with van der Waals surface area (Å²) in [7, 11) is 3.22. The van der Waals surface area contributed by atoms with E-state index in [1.165, 1.54) is 11.1 Å². The molecule has 1 atom stereocenters. The maximum atomic E-state index is 13.2. The van der Waals surface area contributed by atoms with Gasteiger partial charge in [0.25, 0.3) is 5.91 Å². The maximum Gasteiger partial charge on any atom is 0.257 e. The minimum absolute atomic E-state index is 0.0234. The zero-order valence-corrected chi connectivity index (χ0v) is 18.6. The zero-order chi connectivity index (χ0) is 21.8. The van der Waals surface area contributed by atoms with Gasteiger partial charge in [-0.05, 0) is 58.5 Å². The number of para-hydroxylation sites is 1. The maximum absolute atomic E-state index is 13.2. The van der Waals surface area contributed by atoms with Gasteiger partial charge in [-0.2, -0.15) is 11.3 Å². The van der Waals surface area contributed by atoms with E-state index in [1.54, 1.807) is 42.5 Å².